The van der Waals surface area contributed by atoms with Crippen molar-refractivity contribution in [3.63, 3.8) is 0 Å². The predicted octanol–water partition coefficient (Wildman–Crippen LogP) is 3.88. The van der Waals surface area contributed by atoms with E-state index in [2.05, 4.69) is 15.4 Å². The number of fused-ring (bicyclic) bond motifs is 1. The number of carbonyl (C=O) groups is 2. The molecule has 1 heterocycles. The predicted molar refractivity (Wildman–Crippen MR) is 131 cm³/mol. The molecule has 4 rings (SSSR count). The Morgan fingerprint density at radius 2 is 1.46 bits per heavy atom. The van der Waals surface area contributed by atoms with E-state index >= 15 is 0 Å². The summed E-state index contributed by atoms with van der Waals surface area (Å²) in [6.45, 7) is 5.03. The van der Waals surface area contributed by atoms with Crippen molar-refractivity contribution in [2.24, 2.45) is 0 Å². The lowest BCUT2D eigenvalue weighted by atomic mass is 10.1. The van der Waals surface area contributed by atoms with Crippen LogP contribution in [0.25, 0.3) is 0 Å². The largest absolute Gasteiger partial charge is 0.449 e. The summed E-state index contributed by atoms with van der Waals surface area (Å²) < 4.78 is 39.0. The minimum Gasteiger partial charge on any atom is -0.449 e. The van der Waals surface area contributed by atoms with Gasteiger partial charge >= 0.3 is 0 Å². The molecule has 35 heavy (non-hydrogen) atoms. The number of carbonyl (C=O) groups excluding carboxylic acids is 2. The van der Waals surface area contributed by atoms with Crippen molar-refractivity contribution >= 4 is 33.2 Å². The maximum Gasteiger partial charge on any atom is 0.255 e. The Morgan fingerprint density at radius 3 is 2.11 bits per heavy atom. The van der Waals surface area contributed by atoms with Crippen molar-refractivity contribution in [1.82, 2.24) is 4.72 Å². The second kappa shape index (κ2) is 9.40. The molecule has 2 amide bonds. The lowest BCUT2D eigenvalue weighted by molar-refractivity contribution is -0.114. The maximum absolute atomic E-state index is 12.6. The molecule has 1 aliphatic heterocycles. The molecule has 0 radical (unpaired) electrons. The van der Waals surface area contributed by atoms with Crippen LogP contribution in [0.2, 0.25) is 0 Å². The Kier molecular flexibility index (Phi) is 6.51. The second-order valence-corrected chi connectivity index (χ2v) is 10.2. The molecule has 3 aromatic rings. The number of rotatable bonds is 7. The Bertz CT molecular complexity index is 1370. The SMILES string of the molecule is CC(=O)Nc1ccc(S(=O)(=O)NCc2ccc(C(=O)Nc3ccc4c(c3)OC(C)(C)O4)cc2)cc1. The first-order valence-electron chi connectivity index (χ1n) is 10.8. The van der Waals surface area contributed by atoms with Gasteiger partial charge in [-0.3, -0.25) is 9.59 Å². The monoisotopic (exact) mass is 495 g/mol. The average Bonchev–Trinajstić information content (AvgIpc) is 3.11. The van der Waals surface area contributed by atoms with Crippen LogP contribution in [-0.2, 0) is 21.4 Å². The first-order valence-corrected chi connectivity index (χ1v) is 12.3. The van der Waals surface area contributed by atoms with Gasteiger partial charge in [0, 0.05) is 50.3 Å². The molecular weight excluding hydrogens is 470 g/mol. The number of hydrogen-bond acceptors (Lipinski definition) is 6. The van der Waals surface area contributed by atoms with Crippen LogP contribution in [0.1, 0.15) is 36.7 Å². The number of amides is 2. The van der Waals surface area contributed by atoms with Crippen LogP contribution in [0.15, 0.2) is 71.6 Å². The maximum atomic E-state index is 12.6. The van der Waals surface area contributed by atoms with Crippen molar-refractivity contribution in [1.29, 1.82) is 0 Å². The normalized spacial score (nSPS) is 13.8. The molecule has 0 spiro atoms. The van der Waals surface area contributed by atoms with E-state index in [0.717, 1.165) is 0 Å². The number of nitrogens with one attached hydrogen (secondary N) is 3. The fourth-order valence-electron chi connectivity index (χ4n) is 3.46. The summed E-state index contributed by atoms with van der Waals surface area (Å²) >= 11 is 0. The number of anilines is 2. The fraction of sp³-hybridized carbons (Fsp3) is 0.200. The van der Waals surface area contributed by atoms with Crippen LogP contribution in [0.5, 0.6) is 11.5 Å². The van der Waals surface area contributed by atoms with E-state index in [0.29, 0.717) is 34.0 Å². The van der Waals surface area contributed by atoms with Gasteiger partial charge in [0.25, 0.3) is 5.91 Å². The number of hydrogen-bond donors (Lipinski definition) is 3. The summed E-state index contributed by atoms with van der Waals surface area (Å²) in [5, 5.41) is 5.40. The molecule has 9 nitrogen and oxygen atoms in total. The molecule has 0 unspecified atom stereocenters. The van der Waals surface area contributed by atoms with E-state index in [1.807, 2.05) is 0 Å². The van der Waals surface area contributed by atoms with Crippen LogP contribution in [0.4, 0.5) is 11.4 Å². The molecule has 0 saturated heterocycles. The van der Waals surface area contributed by atoms with Gasteiger partial charge in [-0.05, 0) is 54.1 Å². The van der Waals surface area contributed by atoms with E-state index in [1.165, 1.54) is 31.2 Å². The van der Waals surface area contributed by atoms with Gasteiger partial charge in [-0.15, -0.1) is 0 Å². The second-order valence-electron chi connectivity index (χ2n) is 8.45. The summed E-state index contributed by atoms with van der Waals surface area (Å²) in [6.07, 6.45) is 0. The fourth-order valence-corrected chi connectivity index (χ4v) is 4.48. The zero-order valence-electron chi connectivity index (χ0n) is 19.4. The van der Waals surface area contributed by atoms with Crippen molar-refractivity contribution in [2.45, 2.75) is 38.0 Å². The van der Waals surface area contributed by atoms with Gasteiger partial charge in [0.15, 0.2) is 11.5 Å². The molecule has 3 aromatic carbocycles. The zero-order valence-corrected chi connectivity index (χ0v) is 20.2. The molecule has 0 saturated carbocycles. The van der Waals surface area contributed by atoms with Gasteiger partial charge in [0.1, 0.15) is 0 Å². The average molecular weight is 496 g/mol. The Hall–Kier alpha value is -3.89. The molecule has 0 aliphatic carbocycles. The number of benzene rings is 3. The smallest absolute Gasteiger partial charge is 0.255 e. The molecule has 0 atom stereocenters. The van der Waals surface area contributed by atoms with Crippen LogP contribution in [-0.4, -0.2) is 26.0 Å². The third-order valence-electron chi connectivity index (χ3n) is 5.08. The van der Waals surface area contributed by atoms with Gasteiger partial charge < -0.3 is 20.1 Å². The van der Waals surface area contributed by atoms with Crippen molar-refractivity contribution in [3.8, 4) is 11.5 Å². The van der Waals surface area contributed by atoms with E-state index in [1.54, 1.807) is 56.3 Å². The van der Waals surface area contributed by atoms with E-state index in [4.69, 9.17) is 9.47 Å². The summed E-state index contributed by atoms with van der Waals surface area (Å²) in [7, 11) is -3.75. The Balaban J connectivity index is 1.35. The van der Waals surface area contributed by atoms with Gasteiger partial charge in [-0.25, -0.2) is 13.1 Å². The zero-order chi connectivity index (χ0) is 25.2. The molecule has 1 aliphatic rings. The highest BCUT2D eigenvalue weighted by atomic mass is 32.2. The Labute approximate surface area is 203 Å². The minimum absolute atomic E-state index is 0.0512. The van der Waals surface area contributed by atoms with E-state index < -0.39 is 15.8 Å². The summed E-state index contributed by atoms with van der Waals surface area (Å²) in [6, 6.07) is 17.6. The lowest BCUT2D eigenvalue weighted by Crippen LogP contribution is -2.29. The highest BCUT2D eigenvalue weighted by Gasteiger charge is 2.31. The van der Waals surface area contributed by atoms with Gasteiger partial charge in [-0.1, -0.05) is 12.1 Å². The summed E-state index contributed by atoms with van der Waals surface area (Å²) in [4.78, 5) is 23.8. The van der Waals surface area contributed by atoms with Crippen LogP contribution < -0.4 is 24.8 Å². The summed E-state index contributed by atoms with van der Waals surface area (Å²) in [5.74, 6) is -0.132. The molecule has 0 bridgehead atoms. The standard InChI is InChI=1S/C25H25N3O6S/c1-16(29)27-19-8-11-21(12-9-19)35(31,32)26-15-17-4-6-18(7-5-17)24(30)28-20-10-13-22-23(14-20)34-25(2,3)33-22/h4-14,26H,15H2,1-3H3,(H,27,29)(H,28,30). The van der Waals surface area contributed by atoms with Crippen molar-refractivity contribution < 1.29 is 27.5 Å². The van der Waals surface area contributed by atoms with Crippen LogP contribution in [0, 0.1) is 0 Å². The van der Waals surface area contributed by atoms with Gasteiger partial charge in [0.05, 0.1) is 4.90 Å². The Morgan fingerprint density at radius 1 is 0.829 bits per heavy atom. The minimum atomic E-state index is -3.75. The van der Waals surface area contributed by atoms with Gasteiger partial charge in [0.2, 0.25) is 21.7 Å². The molecule has 182 valence electrons. The first kappa shape index (κ1) is 24.2. The number of sulfonamides is 1. The lowest BCUT2D eigenvalue weighted by Gasteiger charge is -2.16. The topological polar surface area (TPSA) is 123 Å². The first-order chi connectivity index (χ1) is 16.5. The highest BCUT2D eigenvalue weighted by Crippen LogP contribution is 2.40. The molecule has 10 heteroatoms. The highest BCUT2D eigenvalue weighted by molar-refractivity contribution is 7.89. The van der Waals surface area contributed by atoms with E-state index in [9.17, 15) is 18.0 Å². The molecule has 0 fully saturated rings. The third kappa shape index (κ3) is 5.97. The van der Waals surface area contributed by atoms with Crippen LogP contribution >= 0.6 is 0 Å². The van der Waals surface area contributed by atoms with Crippen LogP contribution in [0.3, 0.4) is 0 Å². The van der Waals surface area contributed by atoms with Crippen molar-refractivity contribution in [2.75, 3.05) is 10.6 Å². The third-order valence-corrected chi connectivity index (χ3v) is 6.50. The van der Waals surface area contributed by atoms with Crippen molar-refractivity contribution in [3.05, 3.63) is 77.9 Å². The van der Waals surface area contributed by atoms with Gasteiger partial charge in [-0.2, -0.15) is 0 Å². The quantitative estimate of drug-likeness (QED) is 0.457. The molecule has 3 N–H and O–H groups in total. The molecular formula is C25H25N3O6S. The number of ether oxygens (including phenoxy) is 2. The summed E-state index contributed by atoms with van der Waals surface area (Å²) in [5.41, 5.74) is 2.18. The molecule has 0 aromatic heterocycles. The van der Waals surface area contributed by atoms with E-state index in [-0.39, 0.29) is 23.3 Å².